The Labute approximate surface area is 108 Å². The molecule has 1 fully saturated rings. The number of piperidine rings is 1. The Morgan fingerprint density at radius 2 is 2.33 bits per heavy atom. The van der Waals surface area contributed by atoms with Gasteiger partial charge in [0.1, 0.15) is 11.6 Å². The van der Waals surface area contributed by atoms with Crippen LogP contribution in [0.25, 0.3) is 0 Å². The molecule has 0 spiro atoms. The summed E-state index contributed by atoms with van der Waals surface area (Å²) < 4.78 is 13.2. The van der Waals surface area contributed by atoms with Crippen molar-refractivity contribution in [3.05, 3.63) is 29.6 Å². The first-order valence-electron chi connectivity index (χ1n) is 6.63. The van der Waals surface area contributed by atoms with Crippen molar-refractivity contribution in [2.75, 3.05) is 19.6 Å². The summed E-state index contributed by atoms with van der Waals surface area (Å²) >= 11 is 0. The molecular formula is C14H21FN2O. The molecule has 100 valence electrons. The predicted molar refractivity (Wildman–Crippen MR) is 70.0 cm³/mol. The summed E-state index contributed by atoms with van der Waals surface area (Å²) in [5.74, 6) is -0.112. The smallest absolute Gasteiger partial charge is 0.123 e. The van der Waals surface area contributed by atoms with Crippen molar-refractivity contribution < 1.29 is 9.50 Å². The molecule has 0 saturated carbocycles. The average Bonchev–Trinajstić information content (AvgIpc) is 2.41. The molecule has 0 bridgehead atoms. The monoisotopic (exact) mass is 252 g/mol. The number of benzene rings is 1. The SMILES string of the molecule is CCN(Cc1cc(F)ccc1O)C1CCCNC1. The normalized spacial score (nSPS) is 20.3. The quantitative estimate of drug-likeness (QED) is 0.861. The number of nitrogens with one attached hydrogen (secondary N) is 1. The zero-order chi connectivity index (χ0) is 13.0. The number of phenolic OH excluding ortho intramolecular Hbond substituents is 1. The Morgan fingerprint density at radius 1 is 1.50 bits per heavy atom. The van der Waals surface area contributed by atoms with Crippen LogP contribution in [-0.2, 0) is 6.54 Å². The van der Waals surface area contributed by atoms with Gasteiger partial charge in [0, 0.05) is 24.7 Å². The summed E-state index contributed by atoms with van der Waals surface area (Å²) in [6.45, 7) is 5.67. The molecule has 3 nitrogen and oxygen atoms in total. The van der Waals surface area contributed by atoms with Crippen LogP contribution in [0.4, 0.5) is 4.39 Å². The average molecular weight is 252 g/mol. The number of likely N-dealkylation sites (N-methyl/N-ethyl adjacent to an activating group) is 1. The first-order chi connectivity index (χ1) is 8.70. The predicted octanol–water partition coefficient (Wildman–Crippen LogP) is 2.11. The van der Waals surface area contributed by atoms with Crippen molar-refractivity contribution in [2.24, 2.45) is 0 Å². The van der Waals surface area contributed by atoms with Gasteiger partial charge < -0.3 is 10.4 Å². The lowest BCUT2D eigenvalue weighted by atomic mass is 10.0. The summed E-state index contributed by atoms with van der Waals surface area (Å²) in [5.41, 5.74) is 0.669. The number of aromatic hydroxyl groups is 1. The summed E-state index contributed by atoms with van der Waals surface area (Å²) in [4.78, 5) is 2.29. The van der Waals surface area contributed by atoms with Crippen LogP contribution in [-0.4, -0.2) is 35.7 Å². The second kappa shape index (κ2) is 6.16. The zero-order valence-corrected chi connectivity index (χ0v) is 10.8. The Morgan fingerprint density at radius 3 is 3.00 bits per heavy atom. The van der Waals surface area contributed by atoms with Crippen molar-refractivity contribution in [3.8, 4) is 5.75 Å². The Kier molecular flexibility index (Phi) is 4.55. The molecule has 1 aromatic carbocycles. The molecule has 18 heavy (non-hydrogen) atoms. The lowest BCUT2D eigenvalue weighted by Crippen LogP contribution is -2.45. The Bertz CT molecular complexity index is 391. The van der Waals surface area contributed by atoms with Gasteiger partial charge in [-0.3, -0.25) is 4.90 Å². The van der Waals surface area contributed by atoms with Gasteiger partial charge in [0.05, 0.1) is 0 Å². The van der Waals surface area contributed by atoms with Crippen molar-refractivity contribution in [1.82, 2.24) is 10.2 Å². The summed E-state index contributed by atoms with van der Waals surface area (Å²) in [6.07, 6.45) is 2.34. The van der Waals surface area contributed by atoms with E-state index in [0.717, 1.165) is 26.1 Å². The van der Waals surface area contributed by atoms with E-state index in [1.165, 1.54) is 24.6 Å². The van der Waals surface area contributed by atoms with Crippen LogP contribution in [0.1, 0.15) is 25.3 Å². The fourth-order valence-electron chi connectivity index (χ4n) is 2.54. The number of phenols is 1. The van der Waals surface area contributed by atoms with Crippen molar-refractivity contribution in [2.45, 2.75) is 32.4 Å². The van der Waals surface area contributed by atoms with Gasteiger partial charge in [0.25, 0.3) is 0 Å². The number of hydrogen-bond acceptors (Lipinski definition) is 3. The summed E-state index contributed by atoms with van der Waals surface area (Å²) in [7, 11) is 0. The van der Waals surface area contributed by atoms with E-state index in [1.807, 2.05) is 0 Å². The molecule has 0 aromatic heterocycles. The van der Waals surface area contributed by atoms with Crippen LogP contribution < -0.4 is 5.32 Å². The lowest BCUT2D eigenvalue weighted by Gasteiger charge is -2.34. The zero-order valence-electron chi connectivity index (χ0n) is 10.8. The van der Waals surface area contributed by atoms with E-state index in [2.05, 4.69) is 17.1 Å². The third kappa shape index (κ3) is 3.21. The van der Waals surface area contributed by atoms with Gasteiger partial charge in [-0.25, -0.2) is 4.39 Å². The van der Waals surface area contributed by atoms with Gasteiger partial charge in [0.15, 0.2) is 0 Å². The third-order valence-corrected chi connectivity index (χ3v) is 3.61. The molecule has 0 amide bonds. The van der Waals surface area contributed by atoms with Crippen LogP contribution in [0.5, 0.6) is 5.75 Å². The molecule has 4 heteroatoms. The minimum atomic E-state index is -0.291. The highest BCUT2D eigenvalue weighted by molar-refractivity contribution is 5.32. The molecule has 0 aliphatic carbocycles. The summed E-state index contributed by atoms with van der Waals surface area (Å²) in [6, 6.07) is 4.62. The van der Waals surface area contributed by atoms with Gasteiger partial charge in [-0.2, -0.15) is 0 Å². The molecule has 1 aliphatic heterocycles. The highest BCUT2D eigenvalue weighted by Gasteiger charge is 2.20. The van der Waals surface area contributed by atoms with Crippen LogP contribution in [0.15, 0.2) is 18.2 Å². The molecular weight excluding hydrogens is 231 g/mol. The van der Waals surface area contributed by atoms with Crippen molar-refractivity contribution in [3.63, 3.8) is 0 Å². The van der Waals surface area contributed by atoms with Crippen molar-refractivity contribution >= 4 is 0 Å². The molecule has 2 N–H and O–H groups in total. The van der Waals surface area contributed by atoms with E-state index in [9.17, 15) is 9.50 Å². The van der Waals surface area contributed by atoms with E-state index in [4.69, 9.17) is 0 Å². The third-order valence-electron chi connectivity index (χ3n) is 3.61. The molecule has 1 aromatic rings. The van der Waals surface area contributed by atoms with E-state index in [1.54, 1.807) is 0 Å². The maximum absolute atomic E-state index is 13.2. The first-order valence-corrected chi connectivity index (χ1v) is 6.63. The largest absolute Gasteiger partial charge is 0.508 e. The highest BCUT2D eigenvalue weighted by Crippen LogP contribution is 2.22. The minimum Gasteiger partial charge on any atom is -0.508 e. The van der Waals surface area contributed by atoms with Crippen LogP contribution in [0, 0.1) is 5.82 Å². The fourth-order valence-corrected chi connectivity index (χ4v) is 2.54. The van der Waals surface area contributed by atoms with Crippen molar-refractivity contribution in [1.29, 1.82) is 0 Å². The summed E-state index contributed by atoms with van der Waals surface area (Å²) in [5, 5.41) is 13.2. The number of rotatable bonds is 4. The molecule has 1 saturated heterocycles. The standard InChI is InChI=1S/C14H21FN2O/c1-2-17(13-4-3-7-16-9-13)10-11-8-12(15)5-6-14(11)18/h5-6,8,13,16,18H,2-4,7,9-10H2,1H3. The van der Waals surface area contributed by atoms with Crippen LogP contribution in [0.2, 0.25) is 0 Å². The molecule has 1 unspecified atom stereocenters. The highest BCUT2D eigenvalue weighted by atomic mass is 19.1. The van der Waals surface area contributed by atoms with E-state index in [-0.39, 0.29) is 11.6 Å². The van der Waals surface area contributed by atoms with Gasteiger partial charge in [0.2, 0.25) is 0 Å². The number of hydrogen-bond donors (Lipinski definition) is 2. The van der Waals surface area contributed by atoms with Gasteiger partial charge >= 0.3 is 0 Å². The first kappa shape index (κ1) is 13.3. The number of nitrogens with zero attached hydrogens (tertiary/aromatic N) is 1. The second-order valence-electron chi connectivity index (χ2n) is 4.84. The minimum absolute atomic E-state index is 0.179. The van der Waals surface area contributed by atoms with Crippen LogP contribution >= 0.6 is 0 Å². The molecule has 2 rings (SSSR count). The lowest BCUT2D eigenvalue weighted by molar-refractivity contribution is 0.164. The van der Waals surface area contributed by atoms with E-state index in [0.29, 0.717) is 18.2 Å². The topological polar surface area (TPSA) is 35.5 Å². The molecule has 0 radical (unpaired) electrons. The molecule has 1 atom stereocenters. The maximum atomic E-state index is 13.2. The van der Waals surface area contributed by atoms with Gasteiger partial charge in [-0.1, -0.05) is 6.92 Å². The molecule has 1 heterocycles. The second-order valence-corrected chi connectivity index (χ2v) is 4.84. The fraction of sp³-hybridized carbons (Fsp3) is 0.571. The van der Waals surface area contributed by atoms with Gasteiger partial charge in [-0.05, 0) is 44.1 Å². The van der Waals surface area contributed by atoms with Gasteiger partial charge in [-0.15, -0.1) is 0 Å². The van der Waals surface area contributed by atoms with Crippen LogP contribution in [0.3, 0.4) is 0 Å². The number of halogens is 1. The molecule has 1 aliphatic rings. The van der Waals surface area contributed by atoms with E-state index < -0.39 is 0 Å². The Hall–Kier alpha value is -1.13. The maximum Gasteiger partial charge on any atom is 0.123 e. The van der Waals surface area contributed by atoms with E-state index >= 15 is 0 Å². The Balaban J connectivity index is 2.06.